The first-order valence-corrected chi connectivity index (χ1v) is 13.1. The molecule has 0 saturated carbocycles. The van der Waals surface area contributed by atoms with E-state index in [2.05, 4.69) is 10.0 Å². The third-order valence-corrected chi connectivity index (χ3v) is 7.77. The van der Waals surface area contributed by atoms with Gasteiger partial charge in [-0.15, -0.1) is 0 Å². The summed E-state index contributed by atoms with van der Waals surface area (Å²) >= 11 is 6.22. The molecule has 1 saturated heterocycles. The number of rotatable bonds is 6. The number of para-hydroxylation sites is 1. The van der Waals surface area contributed by atoms with Gasteiger partial charge in [-0.2, -0.15) is 0 Å². The van der Waals surface area contributed by atoms with E-state index in [4.69, 9.17) is 11.6 Å². The predicted octanol–water partition coefficient (Wildman–Crippen LogP) is 5.25. The number of aryl methyl sites for hydroxylation is 2. The maximum atomic E-state index is 13.1. The van der Waals surface area contributed by atoms with Crippen LogP contribution < -0.4 is 10.0 Å². The quantitative estimate of drug-likeness (QED) is 0.472. The average molecular weight is 512 g/mol. The van der Waals surface area contributed by atoms with E-state index in [0.717, 1.165) is 24.0 Å². The second kappa shape index (κ2) is 10.1. The fourth-order valence-electron chi connectivity index (χ4n) is 3.96. The number of likely N-dealkylation sites (tertiary alicyclic amines) is 1. The average Bonchev–Trinajstić information content (AvgIpc) is 3.36. The van der Waals surface area contributed by atoms with E-state index in [1.165, 1.54) is 18.2 Å². The molecule has 0 radical (unpaired) electrons. The van der Waals surface area contributed by atoms with Crippen LogP contribution in [0.25, 0.3) is 0 Å². The van der Waals surface area contributed by atoms with E-state index in [9.17, 15) is 18.0 Å². The lowest BCUT2D eigenvalue weighted by Crippen LogP contribution is -2.28. The number of carbonyl (C=O) groups excluding carboxylic acids is 2. The molecule has 2 N–H and O–H groups in total. The highest BCUT2D eigenvalue weighted by Gasteiger charge is 2.24. The van der Waals surface area contributed by atoms with E-state index in [1.54, 1.807) is 42.2 Å². The van der Waals surface area contributed by atoms with Gasteiger partial charge in [-0.05, 0) is 74.2 Å². The number of benzene rings is 3. The summed E-state index contributed by atoms with van der Waals surface area (Å²) in [5, 5.41) is 2.74. The van der Waals surface area contributed by atoms with Crippen LogP contribution in [0.4, 0.5) is 11.4 Å². The van der Waals surface area contributed by atoms with Crippen LogP contribution in [0.2, 0.25) is 5.02 Å². The van der Waals surface area contributed by atoms with Gasteiger partial charge in [0.25, 0.3) is 21.8 Å². The van der Waals surface area contributed by atoms with Crippen molar-refractivity contribution in [1.82, 2.24) is 4.90 Å². The summed E-state index contributed by atoms with van der Waals surface area (Å²) in [7, 11) is -4.07. The zero-order valence-corrected chi connectivity index (χ0v) is 21.0. The molecule has 4 rings (SSSR count). The van der Waals surface area contributed by atoms with Crippen LogP contribution in [0.15, 0.2) is 65.6 Å². The number of anilines is 2. The van der Waals surface area contributed by atoms with Crippen LogP contribution >= 0.6 is 11.6 Å². The summed E-state index contributed by atoms with van der Waals surface area (Å²) < 4.78 is 28.8. The molecule has 1 aliphatic heterocycles. The van der Waals surface area contributed by atoms with Crippen LogP contribution in [0.3, 0.4) is 0 Å². The lowest BCUT2D eigenvalue weighted by Gasteiger charge is -2.18. The highest BCUT2D eigenvalue weighted by atomic mass is 35.5. The van der Waals surface area contributed by atoms with Crippen LogP contribution in [-0.2, 0) is 10.0 Å². The van der Waals surface area contributed by atoms with Crippen molar-refractivity contribution in [3.63, 3.8) is 0 Å². The summed E-state index contributed by atoms with van der Waals surface area (Å²) in [5.74, 6) is -0.693. The van der Waals surface area contributed by atoms with E-state index in [1.807, 2.05) is 19.1 Å². The van der Waals surface area contributed by atoms with Crippen molar-refractivity contribution in [3.05, 3.63) is 87.9 Å². The molecular weight excluding hydrogens is 486 g/mol. The minimum absolute atomic E-state index is 0.0102. The Morgan fingerprint density at radius 2 is 1.63 bits per heavy atom. The first-order valence-electron chi connectivity index (χ1n) is 11.2. The van der Waals surface area contributed by atoms with E-state index in [-0.39, 0.29) is 21.4 Å². The maximum Gasteiger partial charge on any atom is 0.263 e. The van der Waals surface area contributed by atoms with Crippen LogP contribution in [0.1, 0.15) is 44.7 Å². The Labute approximate surface area is 210 Å². The van der Waals surface area contributed by atoms with Gasteiger partial charge in [0.15, 0.2) is 0 Å². The van der Waals surface area contributed by atoms with E-state index in [0.29, 0.717) is 30.0 Å². The smallest absolute Gasteiger partial charge is 0.263 e. The van der Waals surface area contributed by atoms with Gasteiger partial charge in [0.05, 0.1) is 22.0 Å². The second-order valence-electron chi connectivity index (χ2n) is 8.57. The van der Waals surface area contributed by atoms with Gasteiger partial charge in [-0.25, -0.2) is 8.42 Å². The van der Waals surface area contributed by atoms with Crippen molar-refractivity contribution in [2.24, 2.45) is 0 Å². The molecule has 0 aromatic heterocycles. The van der Waals surface area contributed by atoms with Crippen molar-refractivity contribution in [2.75, 3.05) is 23.1 Å². The number of carbonyl (C=O) groups is 2. The predicted molar refractivity (Wildman–Crippen MR) is 138 cm³/mol. The van der Waals surface area contributed by atoms with Crippen molar-refractivity contribution in [3.8, 4) is 0 Å². The maximum absolute atomic E-state index is 13.1. The Kier molecular flexibility index (Phi) is 7.14. The summed E-state index contributed by atoms with van der Waals surface area (Å²) in [4.78, 5) is 27.5. The minimum Gasteiger partial charge on any atom is -0.339 e. The molecule has 35 heavy (non-hydrogen) atoms. The van der Waals surface area contributed by atoms with E-state index >= 15 is 0 Å². The SMILES string of the molecule is Cc1ccc(C)c(NS(=O)(=O)c2cc(C(=O)Nc3ccccc3C(=O)N3CCCC3)ccc2Cl)c1. The van der Waals surface area contributed by atoms with Gasteiger partial charge in [0, 0.05) is 18.7 Å². The van der Waals surface area contributed by atoms with Crippen molar-refractivity contribution >= 4 is 44.8 Å². The molecule has 1 aliphatic rings. The summed E-state index contributed by atoms with van der Waals surface area (Å²) in [5.41, 5.74) is 2.94. The van der Waals surface area contributed by atoms with Crippen molar-refractivity contribution < 1.29 is 18.0 Å². The van der Waals surface area contributed by atoms with Gasteiger partial charge < -0.3 is 10.2 Å². The molecule has 7 nitrogen and oxygen atoms in total. The molecular formula is C26H26ClN3O4S. The number of nitrogens with zero attached hydrogens (tertiary/aromatic N) is 1. The van der Waals surface area contributed by atoms with Gasteiger partial charge in [0.1, 0.15) is 4.90 Å². The van der Waals surface area contributed by atoms with Gasteiger partial charge >= 0.3 is 0 Å². The molecule has 0 atom stereocenters. The van der Waals surface area contributed by atoms with Gasteiger partial charge in [0.2, 0.25) is 0 Å². The molecule has 0 unspecified atom stereocenters. The lowest BCUT2D eigenvalue weighted by molar-refractivity contribution is 0.0794. The Balaban J connectivity index is 1.60. The van der Waals surface area contributed by atoms with Gasteiger partial charge in [-0.3, -0.25) is 14.3 Å². The first-order chi connectivity index (χ1) is 16.7. The zero-order chi connectivity index (χ0) is 25.2. The number of halogens is 1. The molecule has 9 heteroatoms. The second-order valence-corrected chi connectivity index (χ2v) is 10.6. The molecule has 182 valence electrons. The first kappa shape index (κ1) is 24.8. The number of hydrogen-bond donors (Lipinski definition) is 2. The van der Waals surface area contributed by atoms with Crippen LogP contribution in [0, 0.1) is 13.8 Å². The Morgan fingerprint density at radius 3 is 2.37 bits per heavy atom. The number of sulfonamides is 1. The summed E-state index contributed by atoms with van der Waals surface area (Å²) in [6, 6.07) is 16.3. The third kappa shape index (κ3) is 5.49. The summed E-state index contributed by atoms with van der Waals surface area (Å²) in [6.45, 7) is 5.03. The number of amides is 2. The van der Waals surface area contributed by atoms with Crippen LogP contribution in [0.5, 0.6) is 0 Å². The molecule has 0 spiro atoms. The van der Waals surface area contributed by atoms with Gasteiger partial charge in [-0.1, -0.05) is 35.9 Å². The molecule has 3 aromatic rings. The molecule has 1 fully saturated rings. The normalized spacial score (nSPS) is 13.5. The Morgan fingerprint density at radius 1 is 0.914 bits per heavy atom. The molecule has 2 amide bonds. The topological polar surface area (TPSA) is 95.6 Å². The fourth-order valence-corrected chi connectivity index (χ4v) is 5.61. The zero-order valence-electron chi connectivity index (χ0n) is 19.5. The lowest BCUT2D eigenvalue weighted by atomic mass is 10.1. The largest absolute Gasteiger partial charge is 0.339 e. The standard InChI is InChI=1S/C26H26ClN3O4S/c1-17-9-10-18(2)23(15-17)29-35(33,34)24-16-19(11-12-21(24)27)25(31)28-22-8-4-3-7-20(22)26(32)30-13-5-6-14-30/h3-4,7-12,15-16,29H,5-6,13-14H2,1-2H3,(H,28,31). The highest BCUT2D eigenvalue weighted by Crippen LogP contribution is 2.28. The van der Waals surface area contributed by atoms with E-state index < -0.39 is 15.9 Å². The molecule has 1 heterocycles. The highest BCUT2D eigenvalue weighted by molar-refractivity contribution is 7.92. The number of nitrogens with one attached hydrogen (secondary N) is 2. The van der Waals surface area contributed by atoms with Crippen molar-refractivity contribution in [2.45, 2.75) is 31.6 Å². The van der Waals surface area contributed by atoms with Crippen molar-refractivity contribution in [1.29, 1.82) is 0 Å². The van der Waals surface area contributed by atoms with Crippen LogP contribution in [-0.4, -0.2) is 38.2 Å². The third-order valence-electron chi connectivity index (χ3n) is 5.92. The Bertz CT molecular complexity index is 1400. The number of hydrogen-bond acceptors (Lipinski definition) is 4. The fraction of sp³-hybridized carbons (Fsp3) is 0.231. The summed E-state index contributed by atoms with van der Waals surface area (Å²) in [6.07, 6.45) is 1.91. The Hall–Kier alpha value is -3.36. The molecule has 0 aliphatic carbocycles. The monoisotopic (exact) mass is 511 g/mol. The molecule has 3 aromatic carbocycles. The molecule has 0 bridgehead atoms. The minimum atomic E-state index is -4.07.